The first-order chi connectivity index (χ1) is 18.7. The Morgan fingerprint density at radius 2 is 1.62 bits per heavy atom. The van der Waals surface area contributed by atoms with Gasteiger partial charge in [0, 0.05) is 17.1 Å². The van der Waals surface area contributed by atoms with Crippen molar-refractivity contribution >= 4 is 39.1 Å². The predicted molar refractivity (Wildman–Crippen MR) is 156 cm³/mol. The quantitative estimate of drug-likeness (QED) is 0.329. The number of sulfonamides is 1. The Bertz CT molecular complexity index is 1440. The van der Waals surface area contributed by atoms with Crippen molar-refractivity contribution in [2.45, 2.75) is 64.1 Å². The van der Waals surface area contributed by atoms with Crippen molar-refractivity contribution in [2.24, 2.45) is 0 Å². The minimum absolute atomic E-state index is 0.0160. The fourth-order valence-electron chi connectivity index (χ4n) is 4.20. The molecule has 1 atom stereocenters. The number of hydrogen-bond donors (Lipinski definition) is 1. The number of aryl methyl sites for hydroxylation is 1. The van der Waals surface area contributed by atoms with Crippen LogP contribution >= 0.6 is 11.6 Å². The topological polar surface area (TPSA) is 86.8 Å². The number of nitrogens with one attached hydrogen (secondary N) is 1. The molecule has 0 unspecified atom stereocenters. The van der Waals surface area contributed by atoms with Crippen LogP contribution in [0.25, 0.3) is 0 Å². The van der Waals surface area contributed by atoms with E-state index in [2.05, 4.69) is 5.32 Å². The lowest BCUT2D eigenvalue weighted by Crippen LogP contribution is -2.55. The van der Waals surface area contributed by atoms with Gasteiger partial charge in [-0.1, -0.05) is 42.8 Å². The first-order valence-electron chi connectivity index (χ1n) is 12.9. The zero-order chi connectivity index (χ0) is 29.7. The number of anilines is 1. The van der Waals surface area contributed by atoms with E-state index in [0.29, 0.717) is 16.3 Å². The van der Waals surface area contributed by atoms with Crippen molar-refractivity contribution in [1.29, 1.82) is 0 Å². The van der Waals surface area contributed by atoms with Gasteiger partial charge in [-0.2, -0.15) is 0 Å². The molecule has 3 rings (SSSR count). The van der Waals surface area contributed by atoms with Crippen LogP contribution in [0.5, 0.6) is 0 Å². The fraction of sp³-hybridized carbons (Fsp3) is 0.333. The lowest BCUT2D eigenvalue weighted by Gasteiger charge is -2.34. The lowest BCUT2D eigenvalue weighted by molar-refractivity contribution is -0.141. The number of hydrogen-bond acceptors (Lipinski definition) is 4. The van der Waals surface area contributed by atoms with Crippen LogP contribution in [0.3, 0.4) is 0 Å². The molecule has 40 heavy (non-hydrogen) atoms. The van der Waals surface area contributed by atoms with Crippen LogP contribution in [0.4, 0.5) is 10.1 Å². The average molecular weight is 588 g/mol. The molecule has 0 aliphatic rings. The third-order valence-corrected chi connectivity index (χ3v) is 8.16. The zero-order valence-electron chi connectivity index (χ0n) is 23.3. The Morgan fingerprint density at radius 1 is 1.00 bits per heavy atom. The summed E-state index contributed by atoms with van der Waals surface area (Å²) in [5, 5.41) is 3.29. The van der Waals surface area contributed by atoms with E-state index in [1.807, 2.05) is 33.8 Å². The van der Waals surface area contributed by atoms with Crippen molar-refractivity contribution in [3.05, 3.63) is 94.8 Å². The van der Waals surface area contributed by atoms with Gasteiger partial charge >= 0.3 is 0 Å². The van der Waals surface area contributed by atoms with E-state index in [9.17, 15) is 22.4 Å². The molecule has 0 saturated heterocycles. The van der Waals surface area contributed by atoms with Crippen LogP contribution in [0.2, 0.25) is 5.02 Å². The molecule has 1 N–H and O–H groups in total. The van der Waals surface area contributed by atoms with Crippen molar-refractivity contribution < 1.29 is 22.4 Å². The van der Waals surface area contributed by atoms with Gasteiger partial charge in [0.1, 0.15) is 18.4 Å². The maximum atomic E-state index is 14.0. The second-order valence-corrected chi connectivity index (χ2v) is 12.9. The molecule has 2 amide bonds. The van der Waals surface area contributed by atoms with Gasteiger partial charge in [0.2, 0.25) is 11.8 Å². The zero-order valence-corrected chi connectivity index (χ0v) is 24.9. The summed E-state index contributed by atoms with van der Waals surface area (Å²) < 4.78 is 42.4. The van der Waals surface area contributed by atoms with E-state index in [0.717, 1.165) is 9.87 Å². The molecule has 0 radical (unpaired) electrons. The molecular formula is C30H35ClFN3O4S. The summed E-state index contributed by atoms with van der Waals surface area (Å²) in [6, 6.07) is 17.2. The number of carbonyl (C=O) groups excluding carboxylic acids is 2. The van der Waals surface area contributed by atoms with Crippen molar-refractivity contribution in [2.75, 3.05) is 10.8 Å². The van der Waals surface area contributed by atoms with Gasteiger partial charge in [-0.15, -0.1) is 0 Å². The van der Waals surface area contributed by atoms with Gasteiger partial charge in [-0.05, 0) is 93.8 Å². The third-order valence-electron chi connectivity index (χ3n) is 6.12. The van der Waals surface area contributed by atoms with E-state index in [1.54, 1.807) is 25.1 Å². The molecule has 0 spiro atoms. The molecule has 214 valence electrons. The molecule has 0 heterocycles. The molecular weight excluding hydrogens is 553 g/mol. The molecule has 3 aromatic carbocycles. The number of amides is 2. The van der Waals surface area contributed by atoms with Crippen LogP contribution in [0, 0.1) is 12.7 Å². The van der Waals surface area contributed by atoms with Crippen LogP contribution in [0.1, 0.15) is 45.2 Å². The normalized spacial score (nSPS) is 12.5. The molecule has 10 heteroatoms. The highest BCUT2D eigenvalue weighted by atomic mass is 35.5. The van der Waals surface area contributed by atoms with Gasteiger partial charge in [0.05, 0.1) is 10.6 Å². The average Bonchev–Trinajstić information content (AvgIpc) is 2.87. The molecule has 0 aromatic heterocycles. The van der Waals surface area contributed by atoms with E-state index >= 15 is 0 Å². The minimum Gasteiger partial charge on any atom is -0.350 e. The lowest BCUT2D eigenvalue weighted by atomic mass is 10.1. The molecule has 0 saturated carbocycles. The van der Waals surface area contributed by atoms with Gasteiger partial charge in [-0.25, -0.2) is 12.8 Å². The van der Waals surface area contributed by atoms with Gasteiger partial charge in [0.25, 0.3) is 10.0 Å². The van der Waals surface area contributed by atoms with Crippen LogP contribution in [-0.4, -0.2) is 43.3 Å². The molecule has 0 aliphatic carbocycles. The van der Waals surface area contributed by atoms with E-state index in [1.165, 1.54) is 53.4 Å². The number of halogens is 2. The number of benzene rings is 3. The van der Waals surface area contributed by atoms with Crippen molar-refractivity contribution in [1.82, 2.24) is 10.2 Å². The monoisotopic (exact) mass is 587 g/mol. The largest absolute Gasteiger partial charge is 0.350 e. The summed E-state index contributed by atoms with van der Waals surface area (Å²) in [5.74, 6) is -1.38. The maximum Gasteiger partial charge on any atom is 0.264 e. The van der Waals surface area contributed by atoms with E-state index in [-0.39, 0.29) is 23.8 Å². The van der Waals surface area contributed by atoms with Gasteiger partial charge < -0.3 is 10.2 Å². The fourth-order valence-corrected chi connectivity index (χ4v) is 5.74. The van der Waals surface area contributed by atoms with E-state index < -0.39 is 39.9 Å². The summed E-state index contributed by atoms with van der Waals surface area (Å²) in [6.45, 7) is 8.53. The molecule has 0 aliphatic heterocycles. The summed E-state index contributed by atoms with van der Waals surface area (Å²) in [6.07, 6.45) is 0.281. The predicted octanol–water partition coefficient (Wildman–Crippen LogP) is 5.70. The summed E-state index contributed by atoms with van der Waals surface area (Å²) >= 11 is 5.99. The first kappa shape index (κ1) is 31.1. The summed E-state index contributed by atoms with van der Waals surface area (Å²) in [7, 11) is -4.20. The number of nitrogens with zero attached hydrogens (tertiary/aromatic N) is 2. The molecule has 7 nitrogen and oxygen atoms in total. The van der Waals surface area contributed by atoms with Crippen LogP contribution in [0.15, 0.2) is 77.7 Å². The highest BCUT2D eigenvalue weighted by Crippen LogP contribution is 2.26. The number of carbonyl (C=O) groups is 2. The van der Waals surface area contributed by atoms with Crippen LogP contribution < -0.4 is 9.62 Å². The Labute approximate surface area is 241 Å². The second kappa shape index (κ2) is 12.8. The SMILES string of the molecule is CC[C@H](C(=O)NC(C)(C)C)N(Cc1ccc(F)cc1)C(=O)CN(c1cccc(C)c1)S(=O)(=O)c1ccc(Cl)cc1. The van der Waals surface area contributed by atoms with Crippen LogP contribution in [-0.2, 0) is 26.2 Å². The van der Waals surface area contributed by atoms with Gasteiger partial charge in [-0.3, -0.25) is 13.9 Å². The molecule has 3 aromatic rings. The molecule has 0 fully saturated rings. The minimum atomic E-state index is -4.20. The highest BCUT2D eigenvalue weighted by molar-refractivity contribution is 7.92. The maximum absolute atomic E-state index is 14.0. The van der Waals surface area contributed by atoms with E-state index in [4.69, 9.17) is 11.6 Å². The third kappa shape index (κ3) is 8.05. The van der Waals surface area contributed by atoms with Crippen molar-refractivity contribution in [3.8, 4) is 0 Å². The summed E-state index contributed by atoms with van der Waals surface area (Å²) in [4.78, 5) is 28.7. The van der Waals surface area contributed by atoms with Crippen molar-refractivity contribution in [3.63, 3.8) is 0 Å². The van der Waals surface area contributed by atoms with Gasteiger partial charge in [0.15, 0.2) is 0 Å². The summed E-state index contributed by atoms with van der Waals surface area (Å²) in [5.41, 5.74) is 1.15. The Balaban J connectivity index is 2.07. The molecule has 0 bridgehead atoms. The standard InChI is InChI=1S/C30H35ClFN3O4S/c1-6-27(29(37)33-30(3,4)5)34(19-22-10-14-24(32)15-11-22)28(36)20-35(25-9-7-8-21(2)18-25)40(38,39)26-16-12-23(31)13-17-26/h7-18,27H,6,19-20H2,1-5H3,(H,33,37)/t27-/m1/s1. The Hall–Kier alpha value is -3.43. The Morgan fingerprint density at radius 3 is 2.17 bits per heavy atom. The smallest absolute Gasteiger partial charge is 0.264 e. The second-order valence-electron chi connectivity index (χ2n) is 10.6. The Kier molecular flexibility index (Phi) is 9.97. The first-order valence-corrected chi connectivity index (χ1v) is 14.7. The highest BCUT2D eigenvalue weighted by Gasteiger charge is 2.34. The number of rotatable bonds is 10.